The molecule has 8 nitrogen and oxygen atoms in total. The van der Waals surface area contributed by atoms with E-state index in [9.17, 15) is 18.0 Å². The largest absolute Gasteiger partial charge is 0.490 e. The van der Waals surface area contributed by atoms with Crippen LogP contribution in [0.15, 0.2) is 41.3 Å². The maximum atomic E-state index is 13.3. The summed E-state index contributed by atoms with van der Waals surface area (Å²) in [5.74, 6) is 0.645. The first-order chi connectivity index (χ1) is 15.8. The van der Waals surface area contributed by atoms with Gasteiger partial charge in [-0.2, -0.15) is 0 Å². The van der Waals surface area contributed by atoms with E-state index < -0.39 is 15.4 Å². The number of aryl methyl sites for hydroxylation is 1. The molecule has 0 aromatic heterocycles. The van der Waals surface area contributed by atoms with Crippen molar-refractivity contribution in [1.82, 2.24) is 0 Å². The fourth-order valence-electron chi connectivity index (χ4n) is 3.76. The van der Waals surface area contributed by atoms with Crippen molar-refractivity contribution in [3.8, 4) is 5.75 Å². The molecule has 2 amide bonds. The van der Waals surface area contributed by atoms with Crippen molar-refractivity contribution in [1.29, 1.82) is 0 Å². The van der Waals surface area contributed by atoms with Crippen LogP contribution < -0.4 is 19.7 Å². The fraction of sp³-hybridized carbons (Fsp3) is 0.440. The highest BCUT2D eigenvalue weighted by Crippen LogP contribution is 2.39. The summed E-state index contributed by atoms with van der Waals surface area (Å²) >= 11 is 0. The Balaban J connectivity index is 1.95. The minimum Gasteiger partial charge on any atom is -0.490 e. The van der Waals surface area contributed by atoms with E-state index in [0.29, 0.717) is 40.8 Å². The van der Waals surface area contributed by atoms with Gasteiger partial charge in [0, 0.05) is 19.2 Å². The number of fused-ring (bicyclic) bond motifs is 1. The van der Waals surface area contributed by atoms with E-state index in [1.54, 1.807) is 42.2 Å². The molecule has 0 spiro atoms. The highest BCUT2D eigenvalue weighted by molar-refractivity contribution is 7.92. The molecule has 34 heavy (non-hydrogen) atoms. The summed E-state index contributed by atoms with van der Waals surface area (Å²) in [6, 6.07) is 9.57. The molecule has 0 aliphatic carbocycles. The van der Waals surface area contributed by atoms with Crippen LogP contribution in [0.5, 0.6) is 5.75 Å². The normalized spacial score (nSPS) is 15.4. The minimum atomic E-state index is -3.91. The van der Waals surface area contributed by atoms with Gasteiger partial charge in [-0.1, -0.05) is 13.8 Å². The number of ether oxygens (including phenoxy) is 1. The zero-order chi connectivity index (χ0) is 25.3. The Morgan fingerprint density at radius 1 is 1.15 bits per heavy atom. The van der Waals surface area contributed by atoms with E-state index in [4.69, 9.17) is 4.74 Å². The van der Waals surface area contributed by atoms with E-state index in [0.717, 1.165) is 6.42 Å². The molecule has 0 radical (unpaired) electrons. The maximum absolute atomic E-state index is 13.3. The molecule has 1 heterocycles. The summed E-state index contributed by atoms with van der Waals surface area (Å²) in [6.45, 7) is 11.7. The molecule has 184 valence electrons. The van der Waals surface area contributed by atoms with Gasteiger partial charge in [-0.25, -0.2) is 8.42 Å². The number of benzene rings is 2. The summed E-state index contributed by atoms with van der Waals surface area (Å²) in [4.78, 5) is 26.4. The Bertz CT molecular complexity index is 1210. The quantitative estimate of drug-likeness (QED) is 0.596. The lowest BCUT2D eigenvalue weighted by atomic mass is 9.92. The molecule has 3 rings (SSSR count). The lowest BCUT2D eigenvalue weighted by Crippen LogP contribution is -2.42. The Morgan fingerprint density at radius 3 is 2.44 bits per heavy atom. The molecular weight excluding hydrogens is 454 g/mol. The first-order valence-corrected chi connectivity index (χ1v) is 12.8. The Labute approximate surface area is 201 Å². The minimum absolute atomic E-state index is 0.0590. The van der Waals surface area contributed by atoms with E-state index in [-0.39, 0.29) is 23.3 Å². The molecule has 2 aromatic carbocycles. The van der Waals surface area contributed by atoms with Gasteiger partial charge in [0.05, 0.1) is 21.7 Å². The number of nitrogens with zero attached hydrogens (tertiary/aromatic N) is 1. The van der Waals surface area contributed by atoms with Crippen LogP contribution in [0, 0.1) is 18.3 Å². The van der Waals surface area contributed by atoms with Crippen molar-refractivity contribution in [2.45, 2.75) is 52.9 Å². The molecule has 2 N–H and O–H groups in total. The average Bonchev–Trinajstić information content (AvgIpc) is 2.80. The van der Waals surface area contributed by atoms with Gasteiger partial charge < -0.3 is 15.0 Å². The van der Waals surface area contributed by atoms with Crippen LogP contribution in [0.3, 0.4) is 0 Å². The SMILES string of the molecule is CC(=O)Nc1ccc(S(=O)(=O)Nc2ccc3c(c2)N(CCC(C)C)C(=O)C(C)(C)CO3)c(C)c1. The lowest BCUT2D eigenvalue weighted by Gasteiger charge is -2.28. The van der Waals surface area contributed by atoms with Crippen LogP contribution in [0.2, 0.25) is 0 Å². The number of carbonyl (C=O) groups is 2. The Morgan fingerprint density at radius 2 is 1.82 bits per heavy atom. The number of carbonyl (C=O) groups excluding carboxylic acids is 2. The molecule has 0 saturated heterocycles. The molecule has 0 saturated carbocycles. The zero-order valence-corrected chi connectivity index (χ0v) is 21.4. The monoisotopic (exact) mass is 487 g/mol. The van der Waals surface area contributed by atoms with Crippen molar-refractivity contribution in [3.63, 3.8) is 0 Å². The van der Waals surface area contributed by atoms with E-state index in [2.05, 4.69) is 23.9 Å². The fourth-order valence-corrected chi connectivity index (χ4v) is 5.04. The summed E-state index contributed by atoms with van der Waals surface area (Å²) in [7, 11) is -3.91. The van der Waals surface area contributed by atoms with Gasteiger partial charge in [0.1, 0.15) is 12.4 Å². The van der Waals surface area contributed by atoms with Crippen LogP contribution >= 0.6 is 0 Å². The van der Waals surface area contributed by atoms with Crippen molar-refractivity contribution < 1.29 is 22.7 Å². The summed E-state index contributed by atoms with van der Waals surface area (Å²) in [5, 5.41) is 2.64. The third-order valence-electron chi connectivity index (χ3n) is 5.63. The Hall–Kier alpha value is -3.07. The zero-order valence-electron chi connectivity index (χ0n) is 20.6. The molecule has 0 atom stereocenters. The van der Waals surface area contributed by atoms with Crippen LogP contribution in [-0.2, 0) is 19.6 Å². The van der Waals surface area contributed by atoms with Gasteiger partial charge in [0.15, 0.2) is 0 Å². The van der Waals surface area contributed by atoms with Crippen molar-refractivity contribution in [2.75, 3.05) is 28.1 Å². The van der Waals surface area contributed by atoms with Crippen LogP contribution in [0.25, 0.3) is 0 Å². The van der Waals surface area contributed by atoms with E-state index >= 15 is 0 Å². The van der Waals surface area contributed by atoms with Gasteiger partial charge >= 0.3 is 0 Å². The van der Waals surface area contributed by atoms with Crippen molar-refractivity contribution in [3.05, 3.63) is 42.0 Å². The highest BCUT2D eigenvalue weighted by atomic mass is 32.2. The lowest BCUT2D eigenvalue weighted by molar-refractivity contribution is -0.127. The number of hydrogen-bond acceptors (Lipinski definition) is 5. The van der Waals surface area contributed by atoms with Crippen molar-refractivity contribution >= 4 is 38.9 Å². The third kappa shape index (κ3) is 5.70. The second kappa shape index (κ2) is 9.66. The van der Waals surface area contributed by atoms with E-state index in [1.165, 1.54) is 13.0 Å². The predicted octanol–water partition coefficient (Wildman–Crippen LogP) is 4.55. The van der Waals surface area contributed by atoms with Gasteiger partial charge in [0.2, 0.25) is 11.8 Å². The molecular formula is C25H33N3O5S. The van der Waals surface area contributed by atoms with Crippen LogP contribution in [0.1, 0.15) is 46.6 Å². The topological polar surface area (TPSA) is 105 Å². The highest BCUT2D eigenvalue weighted by Gasteiger charge is 2.38. The Kier molecular flexibility index (Phi) is 7.26. The smallest absolute Gasteiger partial charge is 0.262 e. The number of hydrogen-bond donors (Lipinski definition) is 2. The van der Waals surface area contributed by atoms with E-state index in [1.807, 2.05) is 13.8 Å². The summed E-state index contributed by atoms with van der Waals surface area (Å²) in [5.41, 5.74) is 1.19. The molecule has 1 aliphatic heterocycles. The predicted molar refractivity (Wildman–Crippen MR) is 134 cm³/mol. The van der Waals surface area contributed by atoms with Crippen LogP contribution in [-0.4, -0.2) is 33.4 Å². The molecule has 9 heteroatoms. The number of sulfonamides is 1. The third-order valence-corrected chi connectivity index (χ3v) is 7.17. The molecule has 2 aromatic rings. The summed E-state index contributed by atoms with van der Waals surface area (Å²) in [6.07, 6.45) is 0.803. The van der Waals surface area contributed by atoms with Crippen LogP contribution in [0.4, 0.5) is 17.1 Å². The van der Waals surface area contributed by atoms with Gasteiger partial charge in [-0.15, -0.1) is 0 Å². The second-order valence-electron chi connectivity index (χ2n) is 9.76. The first kappa shape index (κ1) is 25.6. The van der Waals surface area contributed by atoms with Gasteiger partial charge in [-0.3, -0.25) is 14.3 Å². The van der Waals surface area contributed by atoms with Gasteiger partial charge in [0.25, 0.3) is 10.0 Å². The molecule has 1 aliphatic rings. The molecule has 0 fully saturated rings. The average molecular weight is 488 g/mol. The maximum Gasteiger partial charge on any atom is 0.262 e. The number of rotatable bonds is 7. The number of anilines is 3. The van der Waals surface area contributed by atoms with Crippen molar-refractivity contribution in [2.24, 2.45) is 11.3 Å². The second-order valence-corrected chi connectivity index (χ2v) is 11.4. The standard InChI is InChI=1S/C25H33N3O5S/c1-16(2)11-12-28-21-14-20(7-9-22(21)33-15-25(5,6)24(28)30)27-34(31,32)23-10-8-19(13-17(23)3)26-18(4)29/h7-10,13-14,16,27H,11-12,15H2,1-6H3,(H,26,29). The molecule has 0 bridgehead atoms. The number of amides is 2. The van der Waals surface area contributed by atoms with Gasteiger partial charge in [-0.05, 0) is 75.1 Å². The first-order valence-electron chi connectivity index (χ1n) is 11.3. The number of nitrogens with one attached hydrogen (secondary N) is 2. The molecule has 0 unspecified atom stereocenters. The summed E-state index contributed by atoms with van der Waals surface area (Å²) < 4.78 is 34.8.